The normalized spacial score (nSPS) is 16.0. The number of hydrogen-bond donors (Lipinski definition) is 1. The van der Waals surface area contributed by atoms with Gasteiger partial charge in [-0.1, -0.05) is 60.1 Å². The molecule has 0 bridgehead atoms. The number of ether oxygens (including phenoxy) is 1. The maximum atomic E-state index is 13.8. The Morgan fingerprint density at radius 1 is 1.12 bits per heavy atom. The van der Waals surface area contributed by atoms with Crippen LogP contribution >= 0.6 is 11.6 Å². The molecule has 0 aliphatic heterocycles. The fourth-order valence-corrected chi connectivity index (χ4v) is 3.67. The minimum absolute atomic E-state index is 0.0749. The highest BCUT2D eigenvalue weighted by Crippen LogP contribution is 2.42. The van der Waals surface area contributed by atoms with Gasteiger partial charge in [-0.3, -0.25) is 4.68 Å². The molecular weight excluding hydrogens is 441 g/mol. The lowest BCUT2D eigenvalue weighted by Gasteiger charge is -2.16. The van der Waals surface area contributed by atoms with E-state index >= 15 is 0 Å². The second-order valence-corrected chi connectivity index (χ2v) is 7.66. The molecule has 1 unspecified atom stereocenters. The number of aliphatic hydroxyl groups is 1. The molecule has 0 fully saturated rings. The zero-order valence-corrected chi connectivity index (χ0v) is 17.7. The zero-order valence-electron chi connectivity index (χ0n) is 16.9. The molecule has 1 N–H and O–H groups in total. The quantitative estimate of drug-likeness (QED) is 0.441. The predicted octanol–water partition coefficient (Wildman–Crippen LogP) is 6.55. The van der Waals surface area contributed by atoms with Crippen molar-refractivity contribution in [2.45, 2.75) is 18.7 Å². The highest BCUT2D eigenvalue weighted by Gasteiger charge is 2.41. The van der Waals surface area contributed by atoms with Gasteiger partial charge in [-0.05, 0) is 35.1 Å². The SMILES string of the molecule is Cn1nc(C2C=CC(OCc3ccc(Cl)cc3)=C=C2O)c(-c2ccccc2)c1C(F)(F)F. The fraction of sp³-hybridized carbons (Fsp3) is 0.167. The number of halogens is 4. The molecule has 0 saturated heterocycles. The average molecular weight is 459 g/mol. The summed E-state index contributed by atoms with van der Waals surface area (Å²) in [6, 6.07) is 15.3. The van der Waals surface area contributed by atoms with Crippen molar-refractivity contribution >= 4 is 11.6 Å². The Kier molecular flexibility index (Phi) is 5.87. The number of aliphatic hydroxyl groups excluding tert-OH is 1. The van der Waals surface area contributed by atoms with Gasteiger partial charge in [-0.25, -0.2) is 0 Å². The minimum atomic E-state index is -4.62. The number of hydrogen-bond acceptors (Lipinski definition) is 3. The number of nitrogens with zero attached hydrogens (tertiary/aromatic N) is 2. The first kappa shape index (κ1) is 21.8. The maximum Gasteiger partial charge on any atom is 0.433 e. The molecular formula is C24H18ClF3N2O2. The summed E-state index contributed by atoms with van der Waals surface area (Å²) < 4.78 is 47.9. The molecule has 4 rings (SSSR count). The van der Waals surface area contributed by atoms with Gasteiger partial charge in [0.1, 0.15) is 12.3 Å². The van der Waals surface area contributed by atoms with E-state index in [0.717, 1.165) is 10.2 Å². The molecule has 1 atom stereocenters. The van der Waals surface area contributed by atoms with Crippen LogP contribution in [0.5, 0.6) is 0 Å². The molecule has 0 saturated carbocycles. The van der Waals surface area contributed by atoms with Crippen LogP contribution in [0.15, 0.2) is 84.0 Å². The van der Waals surface area contributed by atoms with E-state index < -0.39 is 17.8 Å². The summed E-state index contributed by atoms with van der Waals surface area (Å²) in [6.07, 6.45) is -1.50. The summed E-state index contributed by atoms with van der Waals surface area (Å²) in [7, 11) is 1.24. The third kappa shape index (κ3) is 4.44. The lowest BCUT2D eigenvalue weighted by atomic mass is 9.92. The van der Waals surface area contributed by atoms with E-state index in [1.54, 1.807) is 66.7 Å². The van der Waals surface area contributed by atoms with Crippen molar-refractivity contribution in [2.24, 2.45) is 7.05 Å². The molecule has 1 heterocycles. The number of alkyl halides is 3. The molecule has 164 valence electrons. The fourth-order valence-electron chi connectivity index (χ4n) is 3.54. The molecule has 1 aromatic heterocycles. The molecule has 0 spiro atoms. The smallest absolute Gasteiger partial charge is 0.433 e. The summed E-state index contributed by atoms with van der Waals surface area (Å²) in [5.74, 6) is -0.903. The van der Waals surface area contributed by atoms with E-state index in [1.807, 2.05) is 0 Å². The molecule has 4 nitrogen and oxygen atoms in total. The Hall–Kier alpha value is -3.41. The minimum Gasteiger partial charge on any atom is -0.503 e. The van der Waals surface area contributed by atoms with Gasteiger partial charge in [-0.2, -0.15) is 18.3 Å². The van der Waals surface area contributed by atoms with Crippen molar-refractivity contribution in [3.05, 3.63) is 106 Å². The number of allylic oxidation sites excluding steroid dienone is 1. The van der Waals surface area contributed by atoms with E-state index in [2.05, 4.69) is 10.8 Å². The summed E-state index contributed by atoms with van der Waals surface area (Å²) in [5.41, 5.74) is 3.07. The summed E-state index contributed by atoms with van der Waals surface area (Å²) in [6.45, 7) is 0.221. The van der Waals surface area contributed by atoms with Crippen LogP contribution in [0.1, 0.15) is 22.9 Å². The Bertz CT molecular complexity index is 1220. The van der Waals surface area contributed by atoms with Gasteiger partial charge >= 0.3 is 6.18 Å². The van der Waals surface area contributed by atoms with Crippen LogP contribution < -0.4 is 0 Å². The topological polar surface area (TPSA) is 47.3 Å². The van der Waals surface area contributed by atoms with Crippen LogP contribution in [-0.4, -0.2) is 14.9 Å². The van der Waals surface area contributed by atoms with Crippen molar-refractivity contribution in [2.75, 3.05) is 0 Å². The molecule has 8 heteroatoms. The predicted molar refractivity (Wildman–Crippen MR) is 115 cm³/mol. The van der Waals surface area contributed by atoms with Crippen molar-refractivity contribution < 1.29 is 23.0 Å². The van der Waals surface area contributed by atoms with Gasteiger partial charge in [0.25, 0.3) is 0 Å². The summed E-state index contributed by atoms with van der Waals surface area (Å²) in [5, 5.41) is 15.3. The lowest BCUT2D eigenvalue weighted by Crippen LogP contribution is -2.13. The summed E-state index contributed by atoms with van der Waals surface area (Å²) >= 11 is 5.87. The third-order valence-electron chi connectivity index (χ3n) is 4.99. The largest absolute Gasteiger partial charge is 0.503 e. The Balaban J connectivity index is 1.69. The highest BCUT2D eigenvalue weighted by molar-refractivity contribution is 6.30. The van der Waals surface area contributed by atoms with E-state index in [1.165, 1.54) is 7.05 Å². The van der Waals surface area contributed by atoms with E-state index in [0.29, 0.717) is 10.6 Å². The van der Waals surface area contributed by atoms with Gasteiger partial charge in [0, 0.05) is 17.6 Å². The van der Waals surface area contributed by atoms with Crippen molar-refractivity contribution in [1.82, 2.24) is 9.78 Å². The summed E-state index contributed by atoms with van der Waals surface area (Å²) in [4.78, 5) is 0. The molecule has 2 aromatic carbocycles. The highest BCUT2D eigenvalue weighted by atomic mass is 35.5. The second kappa shape index (κ2) is 8.61. The van der Waals surface area contributed by atoms with Gasteiger partial charge in [-0.15, -0.1) is 0 Å². The Labute approximate surface area is 187 Å². The van der Waals surface area contributed by atoms with Gasteiger partial charge in [0.15, 0.2) is 11.5 Å². The third-order valence-corrected chi connectivity index (χ3v) is 5.25. The standard InChI is InChI=1S/C24H18ClF3N2O2/c1-30-23(24(26,27)28)21(16-5-3-2-4-6-16)22(29-30)19-12-11-18(13-20(19)31)32-14-15-7-9-17(25)10-8-15/h2-12,19,31H,14H2,1H3. The lowest BCUT2D eigenvalue weighted by molar-refractivity contribution is -0.143. The van der Waals surface area contributed by atoms with E-state index in [9.17, 15) is 18.3 Å². The van der Waals surface area contributed by atoms with Crippen LogP contribution in [0.4, 0.5) is 13.2 Å². The maximum absolute atomic E-state index is 13.8. The number of aryl methyl sites for hydroxylation is 1. The van der Waals surface area contributed by atoms with Gasteiger partial charge in [0.2, 0.25) is 0 Å². The molecule has 1 aliphatic carbocycles. The second-order valence-electron chi connectivity index (χ2n) is 7.22. The van der Waals surface area contributed by atoms with Crippen LogP contribution in [0.2, 0.25) is 5.02 Å². The van der Waals surface area contributed by atoms with Crippen LogP contribution in [-0.2, 0) is 24.6 Å². The van der Waals surface area contributed by atoms with Crippen molar-refractivity contribution in [1.29, 1.82) is 0 Å². The first-order chi connectivity index (χ1) is 15.2. The molecule has 32 heavy (non-hydrogen) atoms. The van der Waals surface area contributed by atoms with Crippen LogP contribution in [0, 0.1) is 0 Å². The molecule has 0 radical (unpaired) electrons. The van der Waals surface area contributed by atoms with Crippen LogP contribution in [0.3, 0.4) is 0 Å². The van der Waals surface area contributed by atoms with Crippen molar-refractivity contribution in [3.63, 3.8) is 0 Å². The molecule has 0 amide bonds. The molecule has 1 aliphatic rings. The molecule has 3 aromatic rings. The van der Waals surface area contributed by atoms with Crippen LogP contribution in [0.25, 0.3) is 11.1 Å². The number of rotatable bonds is 5. The Morgan fingerprint density at radius 3 is 2.44 bits per heavy atom. The Morgan fingerprint density at radius 2 is 1.81 bits per heavy atom. The number of benzene rings is 2. The van der Waals surface area contributed by atoms with Gasteiger partial charge < -0.3 is 9.84 Å². The monoisotopic (exact) mass is 458 g/mol. The zero-order chi connectivity index (χ0) is 22.9. The van der Waals surface area contributed by atoms with E-state index in [-0.39, 0.29) is 29.4 Å². The van der Waals surface area contributed by atoms with E-state index in [4.69, 9.17) is 16.3 Å². The first-order valence-electron chi connectivity index (χ1n) is 9.69. The average Bonchev–Trinajstić information content (AvgIpc) is 3.11. The number of aromatic nitrogens is 2. The first-order valence-corrected chi connectivity index (χ1v) is 10.1. The van der Waals surface area contributed by atoms with Gasteiger partial charge in [0.05, 0.1) is 11.6 Å². The van der Waals surface area contributed by atoms with Crippen molar-refractivity contribution in [3.8, 4) is 11.1 Å².